The lowest BCUT2D eigenvalue weighted by molar-refractivity contribution is -0.145. The molecule has 0 aliphatic carbocycles. The third-order valence-corrected chi connectivity index (χ3v) is 10.5. The molecule has 11 heteroatoms. The quantitative estimate of drug-likeness (QED) is 0.179. The molecule has 0 bridgehead atoms. The van der Waals surface area contributed by atoms with Crippen molar-refractivity contribution in [2.45, 2.75) is 39.4 Å². The summed E-state index contributed by atoms with van der Waals surface area (Å²) in [7, 11) is 0. The lowest BCUT2D eigenvalue weighted by atomic mass is 10.0. The summed E-state index contributed by atoms with van der Waals surface area (Å²) in [6.07, 6.45) is 3.65. The van der Waals surface area contributed by atoms with Gasteiger partial charge < -0.3 is 24.9 Å². The van der Waals surface area contributed by atoms with Gasteiger partial charge in [-0.1, -0.05) is 78.3 Å². The molecule has 0 aromatic heterocycles. The van der Waals surface area contributed by atoms with E-state index in [0.29, 0.717) is 43.3 Å². The summed E-state index contributed by atoms with van der Waals surface area (Å²) in [5.74, 6) is -0.410. The van der Waals surface area contributed by atoms with Crippen LogP contribution in [-0.4, -0.2) is 102 Å². The van der Waals surface area contributed by atoms with E-state index in [1.807, 2.05) is 88.7 Å². The summed E-state index contributed by atoms with van der Waals surface area (Å²) in [5.41, 5.74) is 5.57. The number of nitrogens with zero attached hydrogens (tertiary/aromatic N) is 5. The van der Waals surface area contributed by atoms with Crippen LogP contribution in [0.4, 0.5) is 11.4 Å². The molecule has 286 valence electrons. The van der Waals surface area contributed by atoms with Crippen LogP contribution in [0.2, 0.25) is 5.02 Å². The van der Waals surface area contributed by atoms with Crippen molar-refractivity contribution in [3.63, 3.8) is 0 Å². The van der Waals surface area contributed by atoms with Gasteiger partial charge in [-0.25, -0.2) is 0 Å². The van der Waals surface area contributed by atoms with Gasteiger partial charge in [-0.2, -0.15) is 0 Å². The van der Waals surface area contributed by atoms with Crippen LogP contribution in [0.15, 0.2) is 109 Å². The van der Waals surface area contributed by atoms with Crippen LogP contribution in [0.5, 0.6) is 0 Å². The van der Waals surface area contributed by atoms with Gasteiger partial charge in [0.2, 0.25) is 23.6 Å². The van der Waals surface area contributed by atoms with Gasteiger partial charge in [0.15, 0.2) is 0 Å². The topological polar surface area (TPSA) is 96.5 Å². The maximum atomic E-state index is 14.7. The Hall–Kier alpha value is -5.45. The Kier molecular flexibility index (Phi) is 13.4. The number of benzene rings is 4. The predicted molar refractivity (Wildman–Crippen MR) is 218 cm³/mol. The van der Waals surface area contributed by atoms with Crippen molar-refractivity contribution in [3.8, 4) is 0 Å². The first-order chi connectivity index (χ1) is 26.6. The normalized spacial score (nSPS) is 15.5. The lowest BCUT2D eigenvalue weighted by Gasteiger charge is -2.39. The predicted octanol–water partition coefficient (Wildman–Crippen LogP) is 5.96. The molecule has 10 nitrogen and oxygen atoms in total. The minimum Gasteiger partial charge on any atom is -0.368 e. The summed E-state index contributed by atoms with van der Waals surface area (Å²) in [6.45, 7) is 9.49. The van der Waals surface area contributed by atoms with Crippen molar-refractivity contribution in [1.29, 1.82) is 0 Å². The Morgan fingerprint density at radius 1 is 0.709 bits per heavy atom. The van der Waals surface area contributed by atoms with Crippen LogP contribution in [0.3, 0.4) is 0 Å². The molecule has 2 fully saturated rings. The van der Waals surface area contributed by atoms with Crippen molar-refractivity contribution in [1.82, 2.24) is 19.6 Å². The molecule has 4 aromatic carbocycles. The van der Waals surface area contributed by atoms with E-state index in [1.54, 1.807) is 30.0 Å². The average molecular weight is 761 g/mol. The van der Waals surface area contributed by atoms with Crippen molar-refractivity contribution in [2.24, 2.45) is 0 Å². The van der Waals surface area contributed by atoms with Gasteiger partial charge in [-0.05, 0) is 64.7 Å². The zero-order valence-electron chi connectivity index (χ0n) is 31.6. The monoisotopic (exact) mass is 760 g/mol. The number of halogens is 1. The zero-order valence-corrected chi connectivity index (χ0v) is 32.3. The van der Waals surface area contributed by atoms with E-state index in [9.17, 15) is 19.2 Å². The third kappa shape index (κ3) is 11.1. The molecule has 4 aromatic rings. The fourth-order valence-electron chi connectivity index (χ4n) is 7.13. The van der Waals surface area contributed by atoms with E-state index in [-0.39, 0.29) is 30.2 Å². The molecule has 6 rings (SSSR count). The molecule has 0 spiro atoms. The van der Waals surface area contributed by atoms with Crippen molar-refractivity contribution >= 4 is 52.7 Å². The number of carbonyl (C=O) groups excluding carboxylic acids is 4. The number of hydrogen-bond acceptors (Lipinski definition) is 6. The number of carbonyl (C=O) groups is 4. The van der Waals surface area contributed by atoms with E-state index in [4.69, 9.17) is 11.6 Å². The third-order valence-electron chi connectivity index (χ3n) is 10.2. The summed E-state index contributed by atoms with van der Waals surface area (Å²) in [5, 5.41) is 3.47. The standard InChI is InChI=1S/C44H49ClN6O4/c1-33(52)46-40-17-10-35(11-18-40)14-21-43(54)51(32-38-12-19-41(20-13-38)49-28-26-48(27-29-49)34(2)53)42(30-36-6-4-3-5-7-36)44(55)50-24-22-47(23-25-50)31-37-8-15-39(45)16-9-37/h3-21,42H,22-32H2,1-2H3,(H,46,52)/b21-14+/t42-/m0/s1. The Labute approximate surface area is 328 Å². The highest BCUT2D eigenvalue weighted by molar-refractivity contribution is 6.30. The SMILES string of the molecule is CC(=O)Nc1ccc(/C=C/C(=O)N(Cc2ccc(N3CCN(C(C)=O)CC3)cc2)[C@@H](Cc2ccccc2)C(=O)N2CCN(Cc3ccc(Cl)cc3)CC2)cc1. The highest BCUT2D eigenvalue weighted by Gasteiger charge is 2.34. The highest BCUT2D eigenvalue weighted by atomic mass is 35.5. The van der Waals surface area contributed by atoms with Crippen LogP contribution >= 0.6 is 11.6 Å². The molecule has 2 aliphatic rings. The number of amides is 4. The maximum absolute atomic E-state index is 14.7. The zero-order chi connectivity index (χ0) is 38.7. The van der Waals surface area contributed by atoms with Crippen molar-refractivity contribution in [2.75, 3.05) is 62.6 Å². The Morgan fingerprint density at radius 3 is 1.95 bits per heavy atom. The number of anilines is 2. The Bertz CT molecular complexity index is 1940. The van der Waals surface area contributed by atoms with Gasteiger partial charge in [0.1, 0.15) is 6.04 Å². The second-order valence-corrected chi connectivity index (χ2v) is 14.6. The largest absolute Gasteiger partial charge is 0.368 e. The second-order valence-electron chi connectivity index (χ2n) is 14.2. The van der Waals surface area contributed by atoms with Crippen molar-refractivity contribution < 1.29 is 19.2 Å². The van der Waals surface area contributed by atoms with Gasteiger partial charge in [0.25, 0.3) is 0 Å². The van der Waals surface area contributed by atoms with Crippen LogP contribution in [0.1, 0.15) is 36.1 Å². The van der Waals surface area contributed by atoms with Gasteiger partial charge in [-0.15, -0.1) is 0 Å². The van der Waals surface area contributed by atoms with Gasteiger partial charge in [0.05, 0.1) is 0 Å². The highest BCUT2D eigenvalue weighted by Crippen LogP contribution is 2.23. The van der Waals surface area contributed by atoms with Crippen LogP contribution in [0.25, 0.3) is 6.08 Å². The van der Waals surface area contributed by atoms with E-state index >= 15 is 0 Å². The molecule has 55 heavy (non-hydrogen) atoms. The van der Waals surface area contributed by atoms with E-state index in [0.717, 1.165) is 55.1 Å². The fourth-order valence-corrected chi connectivity index (χ4v) is 7.25. The average Bonchev–Trinajstić information content (AvgIpc) is 3.20. The first kappa shape index (κ1) is 39.2. The van der Waals surface area contributed by atoms with E-state index in [1.165, 1.54) is 18.6 Å². The number of piperazine rings is 2. The first-order valence-electron chi connectivity index (χ1n) is 18.9. The molecule has 4 amide bonds. The first-order valence-corrected chi connectivity index (χ1v) is 19.2. The van der Waals surface area contributed by atoms with E-state index in [2.05, 4.69) is 27.2 Å². The Morgan fingerprint density at radius 2 is 1.33 bits per heavy atom. The molecule has 0 saturated carbocycles. The molecule has 2 aliphatic heterocycles. The molecule has 1 atom stereocenters. The number of rotatable bonds is 12. The summed E-state index contributed by atoms with van der Waals surface area (Å²) < 4.78 is 0. The van der Waals surface area contributed by atoms with E-state index < -0.39 is 6.04 Å². The molecule has 2 saturated heterocycles. The lowest BCUT2D eigenvalue weighted by Crippen LogP contribution is -2.56. The molecule has 2 heterocycles. The fraction of sp³-hybridized carbons (Fsp3) is 0.318. The summed E-state index contributed by atoms with van der Waals surface area (Å²) >= 11 is 6.10. The molecular formula is C44H49ClN6O4. The minimum atomic E-state index is -0.746. The molecular weight excluding hydrogens is 712 g/mol. The summed E-state index contributed by atoms with van der Waals surface area (Å²) in [4.78, 5) is 62.5. The number of nitrogens with one attached hydrogen (secondary N) is 1. The second kappa shape index (κ2) is 18.7. The Balaban J connectivity index is 1.24. The molecule has 1 N–H and O–H groups in total. The minimum absolute atomic E-state index is 0.0728. The maximum Gasteiger partial charge on any atom is 0.247 e. The molecule has 0 unspecified atom stereocenters. The summed E-state index contributed by atoms with van der Waals surface area (Å²) in [6, 6.07) is 32.4. The van der Waals surface area contributed by atoms with Gasteiger partial charge in [-0.3, -0.25) is 24.1 Å². The van der Waals surface area contributed by atoms with Crippen LogP contribution in [-0.2, 0) is 38.7 Å². The van der Waals surface area contributed by atoms with Crippen LogP contribution in [0, 0.1) is 0 Å². The smallest absolute Gasteiger partial charge is 0.247 e. The van der Waals surface area contributed by atoms with Crippen molar-refractivity contribution in [3.05, 3.63) is 136 Å². The number of hydrogen-bond donors (Lipinski definition) is 1. The van der Waals surface area contributed by atoms with Gasteiger partial charge >= 0.3 is 0 Å². The van der Waals surface area contributed by atoms with Crippen LogP contribution < -0.4 is 10.2 Å². The van der Waals surface area contributed by atoms with Gasteiger partial charge in [0, 0.05) is 108 Å². The molecule has 0 radical (unpaired) electrons.